The van der Waals surface area contributed by atoms with Gasteiger partial charge in [-0.05, 0) is 32.1 Å². The van der Waals surface area contributed by atoms with Crippen LogP contribution in [0.4, 0.5) is 6.01 Å². The number of nitrogens with zero attached hydrogens (tertiary/aromatic N) is 2. The first-order valence-electron chi connectivity index (χ1n) is 6.23. The molecule has 1 heterocycles. The van der Waals surface area contributed by atoms with Crippen LogP contribution >= 0.6 is 0 Å². The number of anilines is 1. The largest absolute Gasteiger partial charge is 0.432 e. The van der Waals surface area contributed by atoms with Gasteiger partial charge in [0, 0.05) is 25.7 Å². The van der Waals surface area contributed by atoms with Crippen molar-refractivity contribution in [2.75, 3.05) is 11.9 Å². The molecule has 3 rings (SSSR count). The summed E-state index contributed by atoms with van der Waals surface area (Å²) in [6.45, 7) is 0.840. The summed E-state index contributed by atoms with van der Waals surface area (Å²) in [5.41, 5.74) is 1.02. The first kappa shape index (κ1) is 10.1. The third kappa shape index (κ3) is 2.07. The molecule has 16 heavy (non-hydrogen) atoms. The molecule has 88 valence electrons. The van der Waals surface area contributed by atoms with E-state index in [-0.39, 0.29) is 0 Å². The van der Waals surface area contributed by atoms with Gasteiger partial charge >= 0.3 is 0 Å². The van der Waals surface area contributed by atoms with Crippen LogP contribution in [0.15, 0.2) is 10.7 Å². The molecule has 1 N–H and O–H groups in total. The first-order valence-corrected chi connectivity index (χ1v) is 6.23. The SMILES string of the molecule is CN(c1nc(CNC2CC2)co1)C1CCC1. The zero-order valence-corrected chi connectivity index (χ0v) is 9.78. The summed E-state index contributed by atoms with van der Waals surface area (Å²) < 4.78 is 5.51. The maximum atomic E-state index is 5.51. The highest BCUT2D eigenvalue weighted by Crippen LogP contribution is 2.27. The summed E-state index contributed by atoms with van der Waals surface area (Å²) in [6.07, 6.45) is 8.29. The summed E-state index contributed by atoms with van der Waals surface area (Å²) in [6, 6.07) is 2.14. The number of aromatic nitrogens is 1. The summed E-state index contributed by atoms with van der Waals surface area (Å²) in [5.74, 6) is 0. The van der Waals surface area contributed by atoms with E-state index in [9.17, 15) is 0 Å². The molecular formula is C12H19N3O. The van der Waals surface area contributed by atoms with Crippen LogP contribution in [-0.4, -0.2) is 24.1 Å². The van der Waals surface area contributed by atoms with Crippen molar-refractivity contribution in [1.29, 1.82) is 0 Å². The van der Waals surface area contributed by atoms with Crippen molar-refractivity contribution >= 4 is 6.01 Å². The lowest BCUT2D eigenvalue weighted by Gasteiger charge is -2.33. The van der Waals surface area contributed by atoms with Crippen LogP contribution in [0.3, 0.4) is 0 Å². The van der Waals surface area contributed by atoms with Crippen LogP contribution in [0.5, 0.6) is 0 Å². The maximum Gasteiger partial charge on any atom is 0.297 e. The molecular weight excluding hydrogens is 202 g/mol. The molecule has 0 aromatic carbocycles. The topological polar surface area (TPSA) is 41.3 Å². The fourth-order valence-electron chi connectivity index (χ4n) is 2.01. The molecule has 4 nitrogen and oxygen atoms in total. The van der Waals surface area contributed by atoms with Gasteiger partial charge in [0.05, 0.1) is 5.69 Å². The summed E-state index contributed by atoms with van der Waals surface area (Å²) in [7, 11) is 2.08. The smallest absolute Gasteiger partial charge is 0.297 e. The molecule has 4 heteroatoms. The Morgan fingerprint density at radius 2 is 2.25 bits per heavy atom. The van der Waals surface area contributed by atoms with Gasteiger partial charge in [-0.25, -0.2) is 0 Å². The van der Waals surface area contributed by atoms with E-state index in [1.54, 1.807) is 6.26 Å². The fourth-order valence-corrected chi connectivity index (χ4v) is 2.01. The van der Waals surface area contributed by atoms with Crippen molar-refractivity contribution in [2.45, 2.75) is 50.7 Å². The lowest BCUT2D eigenvalue weighted by atomic mass is 9.92. The van der Waals surface area contributed by atoms with Gasteiger partial charge in [-0.1, -0.05) is 0 Å². The van der Waals surface area contributed by atoms with Gasteiger partial charge in [0.25, 0.3) is 6.01 Å². The van der Waals surface area contributed by atoms with E-state index < -0.39 is 0 Å². The van der Waals surface area contributed by atoms with E-state index in [0.717, 1.165) is 24.3 Å². The molecule has 0 aliphatic heterocycles. The molecule has 0 bridgehead atoms. The minimum Gasteiger partial charge on any atom is -0.432 e. The second-order valence-electron chi connectivity index (χ2n) is 4.97. The Bertz CT molecular complexity index is 355. The van der Waals surface area contributed by atoms with Crippen molar-refractivity contribution in [3.63, 3.8) is 0 Å². The van der Waals surface area contributed by atoms with Crippen molar-refractivity contribution in [2.24, 2.45) is 0 Å². The highest BCUT2D eigenvalue weighted by Gasteiger charge is 2.25. The van der Waals surface area contributed by atoms with E-state index in [0.29, 0.717) is 6.04 Å². The van der Waals surface area contributed by atoms with Crippen molar-refractivity contribution < 1.29 is 4.42 Å². The monoisotopic (exact) mass is 221 g/mol. The van der Waals surface area contributed by atoms with Crippen LogP contribution in [0.25, 0.3) is 0 Å². The van der Waals surface area contributed by atoms with Gasteiger partial charge in [-0.3, -0.25) is 0 Å². The minimum absolute atomic E-state index is 0.642. The summed E-state index contributed by atoms with van der Waals surface area (Å²) in [4.78, 5) is 6.68. The number of hydrogen-bond acceptors (Lipinski definition) is 4. The van der Waals surface area contributed by atoms with Gasteiger partial charge in [-0.2, -0.15) is 4.98 Å². The molecule has 2 aliphatic carbocycles. The Labute approximate surface area is 96.0 Å². The molecule has 0 saturated heterocycles. The molecule has 1 aromatic heterocycles. The second kappa shape index (κ2) is 4.09. The predicted octanol–water partition coefficient (Wildman–Crippen LogP) is 1.92. The molecule has 1 aromatic rings. The van der Waals surface area contributed by atoms with E-state index in [4.69, 9.17) is 4.42 Å². The maximum absolute atomic E-state index is 5.51. The van der Waals surface area contributed by atoms with Crippen LogP contribution in [-0.2, 0) is 6.54 Å². The average molecular weight is 221 g/mol. The molecule has 2 aliphatic rings. The zero-order valence-electron chi connectivity index (χ0n) is 9.78. The Hall–Kier alpha value is -1.03. The van der Waals surface area contributed by atoms with E-state index in [1.807, 2.05) is 0 Å². The number of oxazole rings is 1. The van der Waals surface area contributed by atoms with Crippen molar-refractivity contribution in [3.05, 3.63) is 12.0 Å². The zero-order chi connectivity index (χ0) is 11.0. The number of nitrogens with one attached hydrogen (secondary N) is 1. The molecule has 0 amide bonds. The third-order valence-corrected chi connectivity index (χ3v) is 3.61. The molecule has 0 spiro atoms. The van der Waals surface area contributed by atoms with Crippen LogP contribution in [0.2, 0.25) is 0 Å². The normalized spacial score (nSPS) is 20.8. The van der Waals surface area contributed by atoms with Crippen LogP contribution in [0.1, 0.15) is 37.8 Å². The Kier molecular flexibility index (Phi) is 2.59. The Balaban J connectivity index is 1.57. The average Bonchev–Trinajstić information content (AvgIpc) is 2.90. The molecule has 2 saturated carbocycles. The second-order valence-corrected chi connectivity index (χ2v) is 4.97. The van der Waals surface area contributed by atoms with Gasteiger partial charge in [-0.15, -0.1) is 0 Å². The Morgan fingerprint density at radius 3 is 2.88 bits per heavy atom. The molecule has 2 fully saturated rings. The molecule has 0 radical (unpaired) electrons. The molecule has 0 unspecified atom stereocenters. The highest BCUT2D eigenvalue weighted by atomic mass is 16.4. The number of rotatable bonds is 5. The third-order valence-electron chi connectivity index (χ3n) is 3.61. The molecule has 0 atom stereocenters. The van der Waals surface area contributed by atoms with Gasteiger partial charge in [0.1, 0.15) is 6.26 Å². The summed E-state index contributed by atoms with van der Waals surface area (Å²) in [5, 5.41) is 3.44. The quantitative estimate of drug-likeness (QED) is 0.824. The van der Waals surface area contributed by atoms with Crippen LogP contribution in [0, 0.1) is 0 Å². The van der Waals surface area contributed by atoms with E-state index in [1.165, 1.54) is 32.1 Å². The lowest BCUT2D eigenvalue weighted by molar-refractivity contribution is 0.379. The van der Waals surface area contributed by atoms with Crippen molar-refractivity contribution in [3.8, 4) is 0 Å². The Morgan fingerprint density at radius 1 is 1.44 bits per heavy atom. The van der Waals surface area contributed by atoms with E-state index >= 15 is 0 Å². The summed E-state index contributed by atoms with van der Waals surface area (Å²) >= 11 is 0. The minimum atomic E-state index is 0.642. The van der Waals surface area contributed by atoms with E-state index in [2.05, 4.69) is 22.2 Å². The standard InChI is InChI=1S/C12H19N3O/c1-15(11-3-2-4-11)12-14-10(8-16-12)7-13-9-5-6-9/h8-9,11,13H,2-7H2,1H3. The van der Waals surface area contributed by atoms with Crippen LogP contribution < -0.4 is 10.2 Å². The van der Waals surface area contributed by atoms with Gasteiger partial charge < -0.3 is 14.6 Å². The fraction of sp³-hybridized carbons (Fsp3) is 0.750. The predicted molar refractivity (Wildman–Crippen MR) is 62.4 cm³/mol. The first-order chi connectivity index (χ1) is 7.83. The van der Waals surface area contributed by atoms with Gasteiger partial charge in [0.2, 0.25) is 0 Å². The lowest BCUT2D eigenvalue weighted by Crippen LogP contribution is -2.37. The highest BCUT2D eigenvalue weighted by molar-refractivity contribution is 5.28. The van der Waals surface area contributed by atoms with Gasteiger partial charge in [0.15, 0.2) is 0 Å². The number of hydrogen-bond donors (Lipinski definition) is 1. The van der Waals surface area contributed by atoms with Crippen molar-refractivity contribution in [1.82, 2.24) is 10.3 Å².